The Balaban J connectivity index is 1.80. The Hall–Kier alpha value is -2.99. The molecule has 130 valence electrons. The molecule has 2 aromatic heterocycles. The third-order valence-electron chi connectivity index (χ3n) is 4.29. The van der Waals surface area contributed by atoms with Crippen molar-refractivity contribution in [2.24, 2.45) is 5.10 Å². The Labute approximate surface area is 156 Å². The van der Waals surface area contributed by atoms with Gasteiger partial charge in [-0.2, -0.15) is 14.9 Å². The van der Waals surface area contributed by atoms with E-state index in [2.05, 4.69) is 29.1 Å². The van der Waals surface area contributed by atoms with Gasteiger partial charge in [-0.25, -0.2) is 5.10 Å². The highest BCUT2D eigenvalue weighted by atomic mass is 32.1. The van der Waals surface area contributed by atoms with Crippen LogP contribution in [0.3, 0.4) is 0 Å². The number of nitrogens with zero attached hydrogens (tertiary/aromatic N) is 3. The molecular formula is C20H18N4OS. The first-order chi connectivity index (χ1) is 12.7. The number of benzene rings is 2. The fourth-order valence-electron chi connectivity index (χ4n) is 2.92. The van der Waals surface area contributed by atoms with E-state index in [-0.39, 0.29) is 0 Å². The number of fused-ring (bicyclic) bond motifs is 1. The normalized spacial score (nSPS) is 11.6. The number of hydrogen-bond acceptors (Lipinski definition) is 4. The largest absolute Gasteiger partial charge is 0.460 e. The van der Waals surface area contributed by atoms with Gasteiger partial charge in [0, 0.05) is 22.9 Å². The molecular weight excluding hydrogens is 344 g/mol. The molecule has 0 unspecified atom stereocenters. The molecule has 0 fully saturated rings. The number of nitrogens with one attached hydrogen (secondary N) is 1. The van der Waals surface area contributed by atoms with Gasteiger partial charge in [0.25, 0.3) is 0 Å². The minimum atomic E-state index is 0.447. The van der Waals surface area contributed by atoms with Crippen LogP contribution in [-0.4, -0.2) is 21.1 Å². The number of H-pyrrole nitrogens is 1. The van der Waals surface area contributed by atoms with Crippen LogP contribution < -0.4 is 0 Å². The standard InChI is InChI=1S/C20H18N4OS/c1-3-17-16(15-6-4-5-7-18(15)25-17)12-21-24-19(22-23-20(24)26)14-10-8-13(2)9-11-14/h4-12H,3H2,1-2H3,(H,23,26)/b21-12-. The van der Waals surface area contributed by atoms with Crippen LogP contribution >= 0.6 is 12.2 Å². The van der Waals surface area contributed by atoms with E-state index in [1.807, 2.05) is 48.5 Å². The predicted molar refractivity (Wildman–Crippen MR) is 106 cm³/mol. The molecule has 0 amide bonds. The van der Waals surface area contributed by atoms with Crippen molar-refractivity contribution in [3.63, 3.8) is 0 Å². The molecule has 0 aliphatic heterocycles. The van der Waals surface area contributed by atoms with E-state index in [4.69, 9.17) is 16.6 Å². The number of furan rings is 1. The molecule has 0 aliphatic carbocycles. The number of hydrogen-bond donors (Lipinski definition) is 1. The summed E-state index contributed by atoms with van der Waals surface area (Å²) in [4.78, 5) is 0. The maximum absolute atomic E-state index is 5.93. The third kappa shape index (κ3) is 2.88. The van der Waals surface area contributed by atoms with E-state index in [0.29, 0.717) is 10.6 Å². The molecule has 5 nitrogen and oxygen atoms in total. The summed E-state index contributed by atoms with van der Waals surface area (Å²) in [6, 6.07) is 16.1. The van der Waals surface area contributed by atoms with Gasteiger partial charge in [-0.1, -0.05) is 55.0 Å². The second kappa shape index (κ2) is 6.72. The maximum Gasteiger partial charge on any atom is 0.216 e. The summed E-state index contributed by atoms with van der Waals surface area (Å²) in [5.74, 6) is 1.58. The summed E-state index contributed by atoms with van der Waals surface area (Å²) in [5.41, 5.74) is 3.98. The molecule has 0 saturated carbocycles. The van der Waals surface area contributed by atoms with Crippen molar-refractivity contribution < 1.29 is 4.42 Å². The molecule has 0 atom stereocenters. The van der Waals surface area contributed by atoms with Gasteiger partial charge in [0.2, 0.25) is 4.77 Å². The average molecular weight is 362 g/mol. The molecule has 26 heavy (non-hydrogen) atoms. The van der Waals surface area contributed by atoms with Crippen LogP contribution in [0, 0.1) is 11.7 Å². The van der Waals surface area contributed by atoms with E-state index in [0.717, 1.165) is 34.3 Å². The molecule has 2 heterocycles. The first kappa shape index (κ1) is 16.5. The fourth-order valence-corrected chi connectivity index (χ4v) is 3.10. The summed E-state index contributed by atoms with van der Waals surface area (Å²) in [6.45, 7) is 4.12. The number of para-hydroxylation sites is 1. The molecule has 2 aromatic carbocycles. The van der Waals surface area contributed by atoms with Gasteiger partial charge in [-0.05, 0) is 25.2 Å². The lowest BCUT2D eigenvalue weighted by Crippen LogP contribution is -1.96. The van der Waals surface area contributed by atoms with Crippen molar-refractivity contribution in [3.8, 4) is 11.4 Å². The molecule has 0 aliphatic rings. The third-order valence-corrected chi connectivity index (χ3v) is 4.56. The highest BCUT2D eigenvalue weighted by Gasteiger charge is 2.12. The molecule has 6 heteroatoms. The fraction of sp³-hybridized carbons (Fsp3) is 0.150. The topological polar surface area (TPSA) is 59.1 Å². The van der Waals surface area contributed by atoms with Crippen LogP contribution in [0.4, 0.5) is 0 Å². The molecule has 0 saturated heterocycles. The Bertz CT molecular complexity index is 1150. The highest BCUT2D eigenvalue weighted by Crippen LogP contribution is 2.25. The van der Waals surface area contributed by atoms with Crippen molar-refractivity contribution in [3.05, 3.63) is 70.2 Å². The Morgan fingerprint density at radius 2 is 1.96 bits per heavy atom. The number of aryl methyl sites for hydroxylation is 2. The van der Waals surface area contributed by atoms with Crippen LogP contribution in [0.5, 0.6) is 0 Å². The van der Waals surface area contributed by atoms with Crippen LogP contribution in [0.15, 0.2) is 58.0 Å². The Kier molecular flexibility index (Phi) is 4.26. The zero-order valence-corrected chi connectivity index (χ0v) is 15.4. The van der Waals surface area contributed by atoms with Crippen molar-refractivity contribution in [2.75, 3.05) is 0 Å². The lowest BCUT2D eigenvalue weighted by Gasteiger charge is -2.01. The number of aromatic nitrogens is 3. The van der Waals surface area contributed by atoms with Crippen molar-refractivity contribution in [1.82, 2.24) is 14.9 Å². The van der Waals surface area contributed by atoms with Gasteiger partial charge in [-0.3, -0.25) is 0 Å². The van der Waals surface area contributed by atoms with E-state index >= 15 is 0 Å². The van der Waals surface area contributed by atoms with Gasteiger partial charge in [0.1, 0.15) is 11.3 Å². The molecule has 4 aromatic rings. The maximum atomic E-state index is 5.93. The van der Waals surface area contributed by atoms with Gasteiger partial charge in [0.05, 0.1) is 6.21 Å². The molecule has 1 N–H and O–H groups in total. The summed E-state index contributed by atoms with van der Waals surface area (Å²) in [5, 5.41) is 12.8. The number of rotatable bonds is 4. The summed E-state index contributed by atoms with van der Waals surface area (Å²) in [6.07, 6.45) is 2.59. The van der Waals surface area contributed by atoms with Crippen LogP contribution in [0.25, 0.3) is 22.4 Å². The monoisotopic (exact) mass is 362 g/mol. The van der Waals surface area contributed by atoms with Gasteiger partial charge in [0.15, 0.2) is 5.82 Å². The lowest BCUT2D eigenvalue weighted by molar-refractivity contribution is 0.556. The second-order valence-electron chi connectivity index (χ2n) is 6.06. The second-order valence-corrected chi connectivity index (χ2v) is 6.45. The van der Waals surface area contributed by atoms with Crippen LogP contribution in [0.2, 0.25) is 0 Å². The van der Waals surface area contributed by atoms with Gasteiger partial charge in [-0.15, -0.1) is 0 Å². The predicted octanol–water partition coefficient (Wildman–Crippen LogP) is 5.11. The minimum absolute atomic E-state index is 0.447. The first-order valence-corrected chi connectivity index (χ1v) is 8.87. The summed E-state index contributed by atoms with van der Waals surface area (Å²) >= 11 is 5.36. The van der Waals surface area contributed by atoms with E-state index < -0.39 is 0 Å². The number of aromatic amines is 1. The zero-order chi connectivity index (χ0) is 18.1. The molecule has 4 rings (SSSR count). The van der Waals surface area contributed by atoms with Crippen LogP contribution in [-0.2, 0) is 6.42 Å². The minimum Gasteiger partial charge on any atom is -0.460 e. The average Bonchev–Trinajstić information content (AvgIpc) is 3.21. The van der Waals surface area contributed by atoms with Gasteiger partial charge >= 0.3 is 0 Å². The van der Waals surface area contributed by atoms with E-state index in [9.17, 15) is 0 Å². The smallest absolute Gasteiger partial charge is 0.216 e. The molecule has 0 bridgehead atoms. The molecule has 0 radical (unpaired) electrons. The SMILES string of the molecule is CCc1oc2ccccc2c1/C=N\n1c(-c2ccc(C)cc2)n[nH]c1=S. The van der Waals surface area contributed by atoms with E-state index in [1.165, 1.54) is 5.56 Å². The molecule has 0 spiro atoms. The van der Waals surface area contributed by atoms with Crippen molar-refractivity contribution >= 4 is 29.4 Å². The zero-order valence-electron chi connectivity index (χ0n) is 14.6. The van der Waals surface area contributed by atoms with E-state index in [1.54, 1.807) is 10.9 Å². The lowest BCUT2D eigenvalue weighted by atomic mass is 10.1. The van der Waals surface area contributed by atoms with Crippen LogP contribution in [0.1, 0.15) is 23.8 Å². The van der Waals surface area contributed by atoms with Gasteiger partial charge < -0.3 is 4.42 Å². The Morgan fingerprint density at radius 1 is 1.19 bits per heavy atom. The highest BCUT2D eigenvalue weighted by molar-refractivity contribution is 7.71. The summed E-state index contributed by atoms with van der Waals surface area (Å²) < 4.78 is 8.01. The first-order valence-electron chi connectivity index (χ1n) is 8.46. The van der Waals surface area contributed by atoms with Crippen molar-refractivity contribution in [1.29, 1.82) is 0 Å². The Morgan fingerprint density at radius 3 is 2.73 bits per heavy atom. The van der Waals surface area contributed by atoms with Crippen molar-refractivity contribution in [2.45, 2.75) is 20.3 Å². The quantitative estimate of drug-likeness (QED) is 0.405. The summed E-state index contributed by atoms with van der Waals surface area (Å²) in [7, 11) is 0.